The van der Waals surface area contributed by atoms with Gasteiger partial charge in [0.05, 0.1) is 0 Å². The molecule has 1 saturated heterocycles. The summed E-state index contributed by atoms with van der Waals surface area (Å²) in [7, 11) is 0. The summed E-state index contributed by atoms with van der Waals surface area (Å²) in [5.74, 6) is 0.628. The Labute approximate surface area is 142 Å². The second-order valence-electron chi connectivity index (χ2n) is 7.34. The zero-order valence-electron chi connectivity index (χ0n) is 14.1. The summed E-state index contributed by atoms with van der Waals surface area (Å²) in [4.78, 5) is 24.3. The zero-order valence-corrected chi connectivity index (χ0v) is 14.1. The molecule has 2 aliphatic rings. The molecule has 4 rings (SSSR count). The lowest BCUT2D eigenvalue weighted by atomic mass is 9.80. The molecule has 0 radical (unpaired) electrons. The van der Waals surface area contributed by atoms with Crippen LogP contribution in [0.1, 0.15) is 54.1 Å². The Hall–Kier alpha value is -2.42. The van der Waals surface area contributed by atoms with Crippen LogP contribution in [0.4, 0.5) is 0 Å². The number of carbonyl (C=O) groups excluding carboxylic acids is 2. The Morgan fingerprint density at radius 1 is 1.00 bits per heavy atom. The number of nitrogens with one attached hydrogen (secondary N) is 1. The van der Waals surface area contributed by atoms with Crippen molar-refractivity contribution >= 4 is 11.7 Å². The van der Waals surface area contributed by atoms with Crippen molar-refractivity contribution in [3.05, 3.63) is 59.2 Å². The summed E-state index contributed by atoms with van der Waals surface area (Å²) in [6.45, 7) is 4.94. The largest absolute Gasteiger partial charge is 0.355 e. The standard InChI is InChI=1S/C21H21NO2/c1-13(2)15-5-3-4-6-16(15)14-7-8-18-17(9-14)19(23)10-21(18)11-20(24)22-12-21/h3-9,13H,10-12H2,1-2H3,(H,22,24). The van der Waals surface area contributed by atoms with E-state index in [-0.39, 0.29) is 17.1 Å². The topological polar surface area (TPSA) is 46.2 Å². The molecule has 1 amide bonds. The fourth-order valence-corrected chi connectivity index (χ4v) is 4.18. The molecule has 2 aromatic carbocycles. The Kier molecular flexibility index (Phi) is 3.34. The number of benzene rings is 2. The molecule has 3 heteroatoms. The number of hydrogen-bond acceptors (Lipinski definition) is 2. The van der Waals surface area contributed by atoms with Crippen LogP contribution in [0.3, 0.4) is 0 Å². The minimum Gasteiger partial charge on any atom is -0.355 e. The molecule has 1 fully saturated rings. The molecule has 122 valence electrons. The third-order valence-electron chi connectivity index (χ3n) is 5.41. The van der Waals surface area contributed by atoms with Gasteiger partial charge in [-0.2, -0.15) is 0 Å². The molecule has 1 aliphatic heterocycles. The van der Waals surface area contributed by atoms with Gasteiger partial charge in [0.25, 0.3) is 0 Å². The van der Waals surface area contributed by atoms with Gasteiger partial charge >= 0.3 is 0 Å². The Balaban J connectivity index is 1.82. The molecule has 1 aliphatic carbocycles. The predicted molar refractivity (Wildman–Crippen MR) is 94.2 cm³/mol. The van der Waals surface area contributed by atoms with E-state index >= 15 is 0 Å². The van der Waals surface area contributed by atoms with Crippen LogP contribution < -0.4 is 5.32 Å². The van der Waals surface area contributed by atoms with E-state index < -0.39 is 0 Å². The van der Waals surface area contributed by atoms with Gasteiger partial charge in [0.1, 0.15) is 0 Å². The van der Waals surface area contributed by atoms with Crippen molar-refractivity contribution in [2.45, 2.75) is 38.0 Å². The third-order valence-corrected chi connectivity index (χ3v) is 5.41. The molecule has 1 atom stereocenters. The van der Waals surface area contributed by atoms with Crippen LogP contribution in [-0.2, 0) is 10.2 Å². The van der Waals surface area contributed by atoms with Gasteiger partial charge in [0.15, 0.2) is 5.78 Å². The first kappa shape index (κ1) is 15.1. The molecular formula is C21H21NO2. The number of carbonyl (C=O) groups is 2. The minimum absolute atomic E-state index is 0.0462. The molecule has 0 aromatic heterocycles. The molecule has 1 heterocycles. The first-order valence-corrected chi connectivity index (χ1v) is 8.54. The maximum atomic E-state index is 12.6. The van der Waals surface area contributed by atoms with Gasteiger partial charge in [-0.1, -0.05) is 50.2 Å². The molecule has 1 unspecified atom stereocenters. The van der Waals surface area contributed by atoms with Crippen LogP contribution in [-0.4, -0.2) is 18.2 Å². The van der Waals surface area contributed by atoms with Crippen LogP contribution in [0.25, 0.3) is 11.1 Å². The van der Waals surface area contributed by atoms with Gasteiger partial charge in [0, 0.05) is 30.4 Å². The van der Waals surface area contributed by atoms with E-state index in [1.54, 1.807) is 0 Å². The number of ketones is 1. The molecular weight excluding hydrogens is 298 g/mol. The summed E-state index contributed by atoms with van der Waals surface area (Å²) >= 11 is 0. The van der Waals surface area contributed by atoms with Gasteiger partial charge in [-0.15, -0.1) is 0 Å². The minimum atomic E-state index is -0.320. The first-order chi connectivity index (χ1) is 11.5. The molecule has 1 spiro atoms. The van der Waals surface area contributed by atoms with Crippen molar-refractivity contribution in [1.29, 1.82) is 0 Å². The van der Waals surface area contributed by atoms with Gasteiger partial charge in [-0.3, -0.25) is 9.59 Å². The van der Waals surface area contributed by atoms with Gasteiger partial charge < -0.3 is 5.32 Å². The average Bonchev–Trinajstić information content (AvgIpc) is 3.08. The lowest BCUT2D eigenvalue weighted by molar-refractivity contribution is -0.119. The van der Waals surface area contributed by atoms with Crippen molar-refractivity contribution in [3.63, 3.8) is 0 Å². The second-order valence-corrected chi connectivity index (χ2v) is 7.34. The number of rotatable bonds is 2. The second kappa shape index (κ2) is 5.30. The number of hydrogen-bond donors (Lipinski definition) is 1. The third kappa shape index (κ3) is 2.19. The van der Waals surface area contributed by atoms with E-state index in [0.29, 0.717) is 25.3 Å². The van der Waals surface area contributed by atoms with E-state index in [1.165, 1.54) is 11.1 Å². The van der Waals surface area contributed by atoms with E-state index in [1.807, 2.05) is 12.1 Å². The van der Waals surface area contributed by atoms with Crippen molar-refractivity contribution in [2.24, 2.45) is 0 Å². The Morgan fingerprint density at radius 3 is 2.50 bits per heavy atom. The Morgan fingerprint density at radius 2 is 1.79 bits per heavy atom. The Bertz CT molecular complexity index is 853. The number of Topliss-reactive ketones (excluding diaryl/α,β-unsaturated/α-hetero) is 1. The lowest BCUT2D eigenvalue weighted by Crippen LogP contribution is -2.26. The van der Waals surface area contributed by atoms with Crippen LogP contribution in [0.2, 0.25) is 0 Å². The molecule has 3 nitrogen and oxygen atoms in total. The van der Waals surface area contributed by atoms with Gasteiger partial charge in [-0.05, 0) is 34.2 Å². The van der Waals surface area contributed by atoms with Crippen molar-refractivity contribution in [2.75, 3.05) is 6.54 Å². The number of amides is 1. The lowest BCUT2D eigenvalue weighted by Gasteiger charge is -2.21. The van der Waals surface area contributed by atoms with Crippen molar-refractivity contribution < 1.29 is 9.59 Å². The molecule has 0 bridgehead atoms. The maximum absolute atomic E-state index is 12.6. The van der Waals surface area contributed by atoms with Gasteiger partial charge in [-0.25, -0.2) is 0 Å². The van der Waals surface area contributed by atoms with Gasteiger partial charge in [0.2, 0.25) is 5.91 Å². The highest BCUT2D eigenvalue weighted by molar-refractivity contribution is 6.04. The van der Waals surface area contributed by atoms with E-state index in [4.69, 9.17) is 0 Å². The summed E-state index contributed by atoms with van der Waals surface area (Å²) in [5.41, 5.74) is 5.07. The fourth-order valence-electron chi connectivity index (χ4n) is 4.18. The highest BCUT2D eigenvalue weighted by Gasteiger charge is 2.48. The van der Waals surface area contributed by atoms with Crippen molar-refractivity contribution in [1.82, 2.24) is 5.32 Å². The molecule has 2 aromatic rings. The normalized spacial score (nSPS) is 22.3. The smallest absolute Gasteiger partial charge is 0.221 e. The van der Waals surface area contributed by atoms with E-state index in [2.05, 4.69) is 49.5 Å². The maximum Gasteiger partial charge on any atom is 0.221 e. The highest BCUT2D eigenvalue weighted by atomic mass is 16.2. The monoisotopic (exact) mass is 319 g/mol. The van der Waals surface area contributed by atoms with Crippen molar-refractivity contribution in [3.8, 4) is 11.1 Å². The van der Waals surface area contributed by atoms with E-state index in [9.17, 15) is 9.59 Å². The quantitative estimate of drug-likeness (QED) is 0.914. The summed E-state index contributed by atoms with van der Waals surface area (Å²) in [6.07, 6.45) is 0.865. The molecule has 1 N–H and O–H groups in total. The molecule has 24 heavy (non-hydrogen) atoms. The predicted octanol–water partition coefficient (Wildman–Crippen LogP) is 3.82. The summed E-state index contributed by atoms with van der Waals surface area (Å²) in [6, 6.07) is 14.6. The van der Waals surface area contributed by atoms with Crippen LogP contribution >= 0.6 is 0 Å². The average molecular weight is 319 g/mol. The summed E-state index contributed by atoms with van der Waals surface area (Å²) in [5, 5.41) is 2.89. The first-order valence-electron chi connectivity index (χ1n) is 8.54. The van der Waals surface area contributed by atoms with Crippen LogP contribution in [0.15, 0.2) is 42.5 Å². The highest BCUT2D eigenvalue weighted by Crippen LogP contribution is 2.45. The van der Waals surface area contributed by atoms with E-state index in [0.717, 1.165) is 16.7 Å². The van der Waals surface area contributed by atoms with Crippen LogP contribution in [0, 0.1) is 0 Å². The fraction of sp³-hybridized carbons (Fsp3) is 0.333. The number of fused-ring (bicyclic) bond motifs is 2. The SMILES string of the molecule is CC(C)c1ccccc1-c1ccc2c(c1)C(=O)CC21CNC(=O)C1. The molecule has 0 saturated carbocycles. The summed E-state index contributed by atoms with van der Waals surface area (Å²) < 4.78 is 0. The van der Waals surface area contributed by atoms with Crippen LogP contribution in [0.5, 0.6) is 0 Å². The zero-order chi connectivity index (χ0) is 16.9.